The van der Waals surface area contributed by atoms with Gasteiger partial charge in [0.05, 0.1) is 11.5 Å². The van der Waals surface area contributed by atoms with Gasteiger partial charge in [0, 0.05) is 17.4 Å². The number of hydrogen-bond donors (Lipinski definition) is 2. The Morgan fingerprint density at radius 1 is 1.00 bits per heavy atom. The molecule has 2 aromatic carbocycles. The molecule has 0 aliphatic carbocycles. The Labute approximate surface area is 169 Å². The zero-order valence-corrected chi connectivity index (χ0v) is 16.9. The van der Waals surface area contributed by atoms with E-state index in [1.807, 2.05) is 19.9 Å². The van der Waals surface area contributed by atoms with E-state index < -0.39 is 10.0 Å². The predicted molar refractivity (Wildman–Crippen MR) is 112 cm³/mol. The minimum Gasteiger partial charge on any atom is -0.494 e. The second-order valence-electron chi connectivity index (χ2n) is 6.26. The van der Waals surface area contributed by atoms with E-state index in [1.54, 1.807) is 36.5 Å². The van der Waals surface area contributed by atoms with Crippen LogP contribution in [0.15, 0.2) is 71.8 Å². The average molecular weight is 411 g/mol. The Kier molecular flexibility index (Phi) is 6.13. The van der Waals surface area contributed by atoms with Gasteiger partial charge in [-0.25, -0.2) is 13.4 Å². The molecule has 1 aromatic heterocycles. The summed E-state index contributed by atoms with van der Waals surface area (Å²) in [5.74, 6) is 0.716. The van der Waals surface area contributed by atoms with Gasteiger partial charge in [-0.15, -0.1) is 0 Å². The fourth-order valence-electron chi connectivity index (χ4n) is 2.52. The molecule has 0 bridgehead atoms. The van der Waals surface area contributed by atoms with Gasteiger partial charge in [-0.05, 0) is 74.0 Å². The van der Waals surface area contributed by atoms with Crippen LogP contribution in [0.5, 0.6) is 5.75 Å². The lowest BCUT2D eigenvalue weighted by atomic mass is 10.2. The van der Waals surface area contributed by atoms with E-state index in [9.17, 15) is 13.2 Å². The predicted octanol–water partition coefficient (Wildman–Crippen LogP) is 3.84. The molecule has 0 atom stereocenters. The van der Waals surface area contributed by atoms with Crippen molar-refractivity contribution < 1.29 is 17.9 Å². The van der Waals surface area contributed by atoms with Crippen molar-refractivity contribution in [2.45, 2.75) is 18.7 Å². The van der Waals surface area contributed by atoms with Gasteiger partial charge in [0.1, 0.15) is 11.6 Å². The highest BCUT2D eigenvalue weighted by Gasteiger charge is 2.15. The fraction of sp³-hybridized carbons (Fsp3) is 0.143. The van der Waals surface area contributed by atoms with Crippen LogP contribution in [0.4, 0.5) is 11.5 Å². The van der Waals surface area contributed by atoms with E-state index >= 15 is 0 Å². The lowest BCUT2D eigenvalue weighted by Gasteiger charge is -2.10. The number of nitrogens with one attached hydrogen (secondary N) is 2. The Balaban J connectivity index is 1.67. The van der Waals surface area contributed by atoms with E-state index in [4.69, 9.17) is 4.74 Å². The van der Waals surface area contributed by atoms with Gasteiger partial charge < -0.3 is 10.1 Å². The maximum absolute atomic E-state index is 12.5. The summed E-state index contributed by atoms with van der Waals surface area (Å²) in [5, 5.41) is 2.69. The second kappa shape index (κ2) is 8.74. The van der Waals surface area contributed by atoms with E-state index in [2.05, 4.69) is 15.0 Å². The molecule has 0 saturated carbocycles. The maximum atomic E-state index is 12.5. The van der Waals surface area contributed by atoms with E-state index in [0.717, 1.165) is 5.56 Å². The molecular formula is C21H21N3O4S. The van der Waals surface area contributed by atoms with E-state index in [-0.39, 0.29) is 10.8 Å². The summed E-state index contributed by atoms with van der Waals surface area (Å²) in [5.41, 5.74) is 1.73. The molecule has 0 radical (unpaired) electrons. The lowest BCUT2D eigenvalue weighted by molar-refractivity contribution is 0.102. The molecule has 8 heteroatoms. The van der Waals surface area contributed by atoms with Gasteiger partial charge in [-0.3, -0.25) is 9.52 Å². The molecule has 0 spiro atoms. The minimum atomic E-state index is -3.75. The number of pyridine rings is 1. The molecule has 0 fully saturated rings. The number of rotatable bonds is 7. The number of ether oxygens (including phenoxy) is 1. The zero-order chi connectivity index (χ0) is 20.9. The quantitative estimate of drug-likeness (QED) is 0.616. The summed E-state index contributed by atoms with van der Waals surface area (Å²) in [6, 6.07) is 15.9. The molecule has 0 unspecified atom stereocenters. The Morgan fingerprint density at radius 3 is 2.28 bits per heavy atom. The van der Waals surface area contributed by atoms with Crippen LogP contribution in [-0.2, 0) is 10.0 Å². The fourth-order valence-corrected chi connectivity index (χ4v) is 3.57. The SMILES string of the molecule is CCOc1ccc(S(=O)(=O)Nc2ccc(C(=O)Nc3ccc(C)cn3)cc2)cc1. The van der Waals surface area contributed by atoms with E-state index in [0.29, 0.717) is 29.4 Å². The van der Waals surface area contributed by atoms with Gasteiger partial charge >= 0.3 is 0 Å². The molecule has 7 nitrogen and oxygen atoms in total. The minimum absolute atomic E-state index is 0.119. The summed E-state index contributed by atoms with van der Waals surface area (Å²) in [6.45, 7) is 4.27. The van der Waals surface area contributed by atoms with Crippen LogP contribution in [0.2, 0.25) is 0 Å². The number of carbonyl (C=O) groups is 1. The first kappa shape index (κ1) is 20.3. The summed E-state index contributed by atoms with van der Waals surface area (Å²) < 4.78 is 32.9. The van der Waals surface area contributed by atoms with Crippen molar-refractivity contribution >= 4 is 27.4 Å². The number of nitrogens with zero attached hydrogens (tertiary/aromatic N) is 1. The van der Waals surface area contributed by atoms with Crippen LogP contribution in [0, 0.1) is 6.92 Å². The highest BCUT2D eigenvalue weighted by Crippen LogP contribution is 2.20. The Morgan fingerprint density at radius 2 is 1.69 bits per heavy atom. The zero-order valence-electron chi connectivity index (χ0n) is 16.0. The van der Waals surface area contributed by atoms with Crippen molar-refractivity contribution in [1.82, 2.24) is 4.98 Å². The third-order valence-corrected chi connectivity index (χ3v) is 5.39. The molecule has 0 aliphatic rings. The lowest BCUT2D eigenvalue weighted by Crippen LogP contribution is -2.14. The van der Waals surface area contributed by atoms with Crippen LogP contribution >= 0.6 is 0 Å². The third-order valence-electron chi connectivity index (χ3n) is 4.00. The smallest absolute Gasteiger partial charge is 0.261 e. The van der Waals surface area contributed by atoms with Crippen molar-refractivity contribution in [2.24, 2.45) is 0 Å². The second-order valence-corrected chi connectivity index (χ2v) is 7.94. The average Bonchev–Trinajstić information content (AvgIpc) is 2.71. The van der Waals surface area contributed by atoms with Crippen molar-refractivity contribution in [2.75, 3.05) is 16.6 Å². The van der Waals surface area contributed by atoms with Crippen molar-refractivity contribution in [3.05, 3.63) is 78.0 Å². The largest absolute Gasteiger partial charge is 0.494 e. The van der Waals surface area contributed by atoms with Gasteiger partial charge in [-0.2, -0.15) is 0 Å². The number of hydrogen-bond acceptors (Lipinski definition) is 5. The van der Waals surface area contributed by atoms with Gasteiger partial charge in [-0.1, -0.05) is 6.07 Å². The van der Waals surface area contributed by atoms with Gasteiger partial charge in [0.25, 0.3) is 15.9 Å². The number of sulfonamides is 1. The number of aryl methyl sites for hydroxylation is 1. The number of aromatic nitrogens is 1. The van der Waals surface area contributed by atoms with E-state index in [1.165, 1.54) is 24.3 Å². The molecule has 1 amide bonds. The van der Waals surface area contributed by atoms with Gasteiger partial charge in [0.2, 0.25) is 0 Å². The van der Waals surface area contributed by atoms with Crippen molar-refractivity contribution in [3.8, 4) is 5.75 Å². The summed E-state index contributed by atoms with van der Waals surface area (Å²) in [6.07, 6.45) is 1.66. The third kappa shape index (κ3) is 5.32. The standard InChI is InChI=1S/C21H21N3O4S/c1-3-28-18-9-11-19(12-10-18)29(26,27)24-17-7-5-16(6-8-17)21(25)23-20-13-4-15(2)14-22-20/h4-14,24H,3H2,1-2H3,(H,22,23,25). The number of anilines is 2. The number of carbonyl (C=O) groups excluding carboxylic acids is 1. The van der Waals surface area contributed by atoms with Crippen LogP contribution in [0.3, 0.4) is 0 Å². The number of benzene rings is 2. The van der Waals surface area contributed by atoms with Gasteiger partial charge in [0.15, 0.2) is 0 Å². The highest BCUT2D eigenvalue weighted by molar-refractivity contribution is 7.92. The molecule has 29 heavy (non-hydrogen) atoms. The first-order chi connectivity index (χ1) is 13.9. The molecule has 0 saturated heterocycles. The molecule has 150 valence electrons. The maximum Gasteiger partial charge on any atom is 0.261 e. The summed E-state index contributed by atoms with van der Waals surface area (Å²) in [7, 11) is -3.75. The van der Waals surface area contributed by atoms with Crippen LogP contribution in [0.25, 0.3) is 0 Å². The Bertz CT molecular complexity index is 1080. The molecule has 3 aromatic rings. The molecule has 2 N–H and O–H groups in total. The normalized spacial score (nSPS) is 11.0. The molecule has 1 heterocycles. The topological polar surface area (TPSA) is 97.4 Å². The van der Waals surface area contributed by atoms with Crippen LogP contribution < -0.4 is 14.8 Å². The van der Waals surface area contributed by atoms with Crippen molar-refractivity contribution in [1.29, 1.82) is 0 Å². The van der Waals surface area contributed by atoms with Crippen LogP contribution in [0.1, 0.15) is 22.8 Å². The van der Waals surface area contributed by atoms with Crippen molar-refractivity contribution in [3.63, 3.8) is 0 Å². The molecular weight excluding hydrogens is 390 g/mol. The monoisotopic (exact) mass is 411 g/mol. The summed E-state index contributed by atoms with van der Waals surface area (Å²) >= 11 is 0. The number of amides is 1. The first-order valence-corrected chi connectivity index (χ1v) is 10.5. The van der Waals surface area contributed by atoms with Crippen LogP contribution in [-0.4, -0.2) is 25.9 Å². The Hall–Kier alpha value is -3.39. The molecule has 3 rings (SSSR count). The molecule has 0 aliphatic heterocycles. The first-order valence-electron chi connectivity index (χ1n) is 8.97. The summed E-state index contributed by atoms with van der Waals surface area (Å²) in [4.78, 5) is 16.5. The highest BCUT2D eigenvalue weighted by atomic mass is 32.2.